The van der Waals surface area contributed by atoms with Crippen molar-refractivity contribution in [3.63, 3.8) is 0 Å². The zero-order valence-corrected chi connectivity index (χ0v) is 21.0. The van der Waals surface area contributed by atoms with Crippen LogP contribution in [0.1, 0.15) is 52.1 Å². The van der Waals surface area contributed by atoms with Crippen molar-refractivity contribution in [3.8, 4) is 11.5 Å². The number of phenolic OH excluding ortho intramolecular Hbond substituents is 1. The third-order valence-corrected chi connectivity index (χ3v) is 4.98. The second kappa shape index (κ2) is 12.6. The lowest BCUT2D eigenvalue weighted by Gasteiger charge is -2.31. The van der Waals surface area contributed by atoms with Gasteiger partial charge in [0.1, 0.15) is 29.7 Å². The number of methoxy groups -OCH3 is 1. The van der Waals surface area contributed by atoms with Crippen LogP contribution < -0.4 is 15.4 Å². The van der Waals surface area contributed by atoms with Crippen molar-refractivity contribution in [2.45, 2.75) is 52.2 Å². The number of phenols is 1. The molecule has 35 heavy (non-hydrogen) atoms. The second-order valence-corrected chi connectivity index (χ2v) is 9.01. The van der Waals surface area contributed by atoms with Gasteiger partial charge in [0.05, 0.1) is 7.11 Å². The fraction of sp³-hybridized carbons (Fsp3) is 0.423. The monoisotopic (exact) mass is 485 g/mol. The molecule has 0 fully saturated rings. The zero-order valence-electron chi connectivity index (χ0n) is 21.0. The molecule has 0 radical (unpaired) electrons. The molecule has 9 heteroatoms. The third-order valence-electron chi connectivity index (χ3n) is 4.98. The van der Waals surface area contributed by atoms with E-state index in [-0.39, 0.29) is 12.3 Å². The molecule has 0 aromatic heterocycles. The van der Waals surface area contributed by atoms with Gasteiger partial charge in [-0.1, -0.05) is 25.5 Å². The molecule has 0 saturated heterocycles. The number of hydrogen-bond acceptors (Lipinski definition) is 6. The van der Waals surface area contributed by atoms with Gasteiger partial charge in [-0.2, -0.15) is 0 Å². The molecule has 0 aliphatic carbocycles. The van der Waals surface area contributed by atoms with Crippen LogP contribution in [-0.2, 0) is 14.3 Å². The quantitative estimate of drug-likeness (QED) is 0.464. The fourth-order valence-corrected chi connectivity index (χ4v) is 3.30. The standard InChI is InChI=1S/C26H35N3O6/c1-6-7-16-29(22(31)17-27-25(33)35-26(2,3)4)23(18-8-12-20(30)13-9-18)24(32)28-19-10-14-21(34-5)15-11-19/h8-15,23,30H,6-7,16-17H2,1-5H3,(H,27,33)(H,28,32). The van der Waals surface area contributed by atoms with E-state index < -0.39 is 29.6 Å². The Labute approximate surface area is 206 Å². The maximum atomic E-state index is 13.5. The normalized spacial score (nSPS) is 11.8. The molecule has 2 rings (SSSR count). The minimum Gasteiger partial charge on any atom is -0.508 e. The number of carbonyl (C=O) groups is 3. The van der Waals surface area contributed by atoms with Crippen LogP contribution in [0.5, 0.6) is 11.5 Å². The highest BCUT2D eigenvalue weighted by molar-refractivity contribution is 5.98. The Bertz CT molecular complexity index is 984. The Morgan fingerprint density at radius 1 is 1.03 bits per heavy atom. The van der Waals surface area contributed by atoms with Crippen LogP contribution >= 0.6 is 0 Å². The van der Waals surface area contributed by atoms with Crippen molar-refractivity contribution in [2.24, 2.45) is 0 Å². The van der Waals surface area contributed by atoms with Crippen molar-refractivity contribution >= 4 is 23.6 Å². The number of rotatable bonds is 10. The van der Waals surface area contributed by atoms with Crippen molar-refractivity contribution < 1.29 is 29.0 Å². The van der Waals surface area contributed by atoms with Crippen LogP contribution in [0.2, 0.25) is 0 Å². The van der Waals surface area contributed by atoms with Gasteiger partial charge in [-0.15, -0.1) is 0 Å². The van der Waals surface area contributed by atoms with Crippen LogP contribution in [0.3, 0.4) is 0 Å². The lowest BCUT2D eigenvalue weighted by molar-refractivity contribution is -0.138. The van der Waals surface area contributed by atoms with Gasteiger partial charge in [0.2, 0.25) is 5.91 Å². The van der Waals surface area contributed by atoms with Crippen LogP contribution in [0.4, 0.5) is 10.5 Å². The molecule has 9 nitrogen and oxygen atoms in total. The molecule has 0 aliphatic heterocycles. The molecule has 0 spiro atoms. The van der Waals surface area contributed by atoms with Gasteiger partial charge in [-0.05, 0) is 69.2 Å². The van der Waals surface area contributed by atoms with Crippen molar-refractivity contribution in [3.05, 3.63) is 54.1 Å². The van der Waals surface area contributed by atoms with E-state index in [0.717, 1.165) is 6.42 Å². The molecule has 0 bridgehead atoms. The van der Waals surface area contributed by atoms with Gasteiger partial charge >= 0.3 is 6.09 Å². The van der Waals surface area contributed by atoms with E-state index in [4.69, 9.17) is 9.47 Å². The molecule has 2 aromatic rings. The maximum absolute atomic E-state index is 13.5. The first-order chi connectivity index (χ1) is 16.5. The van der Waals surface area contributed by atoms with Crippen LogP contribution in [0, 0.1) is 0 Å². The predicted molar refractivity (Wildman–Crippen MR) is 133 cm³/mol. The van der Waals surface area contributed by atoms with E-state index in [0.29, 0.717) is 30.0 Å². The molecular formula is C26H35N3O6. The number of nitrogens with one attached hydrogen (secondary N) is 2. The molecule has 2 aromatic carbocycles. The molecule has 0 saturated carbocycles. The molecular weight excluding hydrogens is 450 g/mol. The first-order valence-electron chi connectivity index (χ1n) is 11.5. The Kier molecular flexibility index (Phi) is 9.93. The molecule has 0 aliphatic rings. The van der Waals surface area contributed by atoms with Gasteiger partial charge in [0.15, 0.2) is 0 Å². The average Bonchev–Trinajstić information content (AvgIpc) is 2.80. The van der Waals surface area contributed by atoms with E-state index in [1.165, 1.54) is 17.0 Å². The summed E-state index contributed by atoms with van der Waals surface area (Å²) in [6.45, 7) is 7.13. The van der Waals surface area contributed by atoms with Gasteiger partial charge in [-0.25, -0.2) is 4.79 Å². The summed E-state index contributed by atoms with van der Waals surface area (Å²) < 4.78 is 10.4. The number of amides is 3. The largest absolute Gasteiger partial charge is 0.508 e. The van der Waals surface area contributed by atoms with Crippen molar-refractivity contribution in [1.29, 1.82) is 0 Å². The smallest absolute Gasteiger partial charge is 0.408 e. The highest BCUT2D eigenvalue weighted by Gasteiger charge is 2.31. The number of anilines is 1. The number of aromatic hydroxyl groups is 1. The second-order valence-electron chi connectivity index (χ2n) is 9.01. The molecule has 3 amide bonds. The highest BCUT2D eigenvalue weighted by Crippen LogP contribution is 2.26. The number of nitrogens with zero attached hydrogens (tertiary/aromatic N) is 1. The van der Waals surface area contributed by atoms with Gasteiger partial charge in [0, 0.05) is 12.2 Å². The summed E-state index contributed by atoms with van der Waals surface area (Å²) in [6, 6.07) is 12.0. The molecule has 0 heterocycles. The number of carbonyl (C=O) groups excluding carboxylic acids is 3. The topological polar surface area (TPSA) is 117 Å². The molecule has 1 unspecified atom stereocenters. The SMILES string of the molecule is CCCCN(C(=O)CNC(=O)OC(C)(C)C)C(C(=O)Nc1ccc(OC)cc1)c1ccc(O)cc1. The van der Waals surface area contributed by atoms with Crippen molar-refractivity contribution in [2.75, 3.05) is 25.5 Å². The fourth-order valence-electron chi connectivity index (χ4n) is 3.30. The average molecular weight is 486 g/mol. The van der Waals surface area contributed by atoms with Crippen molar-refractivity contribution in [1.82, 2.24) is 10.2 Å². The summed E-state index contributed by atoms with van der Waals surface area (Å²) in [4.78, 5) is 40.2. The number of alkyl carbamates (subject to hydrolysis) is 1. The number of ether oxygens (including phenoxy) is 2. The van der Waals surface area contributed by atoms with Crippen LogP contribution in [0.15, 0.2) is 48.5 Å². The molecule has 1 atom stereocenters. The van der Waals surface area contributed by atoms with Crippen LogP contribution in [0.25, 0.3) is 0 Å². The minimum atomic E-state index is -0.989. The van der Waals surface area contributed by atoms with Crippen LogP contribution in [-0.4, -0.2) is 53.7 Å². The number of benzene rings is 2. The number of hydrogen-bond donors (Lipinski definition) is 3. The summed E-state index contributed by atoms with van der Waals surface area (Å²) in [5.74, 6) is -0.179. The van der Waals surface area contributed by atoms with Gasteiger partial charge in [-0.3, -0.25) is 9.59 Å². The van der Waals surface area contributed by atoms with E-state index in [1.54, 1.807) is 64.3 Å². The Morgan fingerprint density at radius 3 is 2.20 bits per heavy atom. The highest BCUT2D eigenvalue weighted by atomic mass is 16.6. The van der Waals surface area contributed by atoms with E-state index in [1.807, 2.05) is 6.92 Å². The van der Waals surface area contributed by atoms with Gasteiger partial charge in [0.25, 0.3) is 5.91 Å². The zero-order chi connectivity index (χ0) is 26.0. The lowest BCUT2D eigenvalue weighted by atomic mass is 10.0. The summed E-state index contributed by atoms with van der Waals surface area (Å²) >= 11 is 0. The lowest BCUT2D eigenvalue weighted by Crippen LogP contribution is -2.46. The Balaban J connectivity index is 2.31. The molecule has 190 valence electrons. The summed E-state index contributed by atoms with van der Waals surface area (Å²) in [5.41, 5.74) is 0.354. The van der Waals surface area contributed by atoms with E-state index in [2.05, 4.69) is 10.6 Å². The Hall–Kier alpha value is -3.75. The van der Waals surface area contributed by atoms with E-state index >= 15 is 0 Å². The maximum Gasteiger partial charge on any atom is 0.408 e. The Morgan fingerprint density at radius 2 is 1.66 bits per heavy atom. The first-order valence-corrected chi connectivity index (χ1v) is 11.5. The third kappa shape index (κ3) is 8.84. The molecule has 3 N–H and O–H groups in total. The first kappa shape index (κ1) is 27.5. The summed E-state index contributed by atoms with van der Waals surface area (Å²) in [7, 11) is 1.55. The number of unbranched alkanes of at least 4 members (excludes halogenated alkanes) is 1. The van der Waals surface area contributed by atoms with Gasteiger partial charge < -0.3 is 30.1 Å². The summed E-state index contributed by atoms with van der Waals surface area (Å²) in [6.07, 6.45) is 0.735. The predicted octanol–water partition coefficient (Wildman–Crippen LogP) is 4.23. The summed E-state index contributed by atoms with van der Waals surface area (Å²) in [5, 5.41) is 15.1. The minimum absolute atomic E-state index is 0.0427. The van der Waals surface area contributed by atoms with E-state index in [9.17, 15) is 19.5 Å².